The number of piperazine rings is 1. The van der Waals surface area contributed by atoms with Crippen molar-refractivity contribution >= 4 is 35.1 Å². The molecule has 3 heterocycles. The van der Waals surface area contributed by atoms with E-state index in [4.69, 9.17) is 37.7 Å². The number of carbonyl (C=O) groups excluding carboxylic acids is 1. The number of rotatable bonds is 7. The predicted molar refractivity (Wildman–Crippen MR) is 198 cm³/mol. The number of nitrogens with one attached hydrogen (secondary N) is 1. The zero-order valence-corrected chi connectivity index (χ0v) is 31.2. The molecule has 3 atom stereocenters. The number of urea groups is 1. The standard InChI is InChI=1S/C39H49Cl2N5O3/c1-26(2)49-33-25-29(37(3,4)5)14-19-32(33)35-42-38(6,27-10-15-30(40)16-11-27)39(7,28-12-17-31(41)18-13-28)46(35)36(47)44-20-22-45(23-21-44)43-34-9-8-24-48-34/h10-19,25-26,34,43H,8-9,20-24H2,1-7H3/t34?,38-,39+/m0/s1. The number of benzene rings is 3. The number of halogens is 2. The molecule has 0 radical (unpaired) electrons. The van der Waals surface area contributed by atoms with Crippen LogP contribution in [0.3, 0.4) is 0 Å². The zero-order valence-electron chi connectivity index (χ0n) is 29.7. The van der Waals surface area contributed by atoms with Crippen LogP contribution in [0.4, 0.5) is 4.79 Å². The second-order valence-corrected chi connectivity index (χ2v) is 15.8. The summed E-state index contributed by atoms with van der Waals surface area (Å²) in [5, 5.41) is 3.43. The highest BCUT2D eigenvalue weighted by molar-refractivity contribution is 6.30. The van der Waals surface area contributed by atoms with E-state index >= 15 is 4.79 Å². The van der Waals surface area contributed by atoms with Crippen LogP contribution in [0.15, 0.2) is 71.7 Å². The van der Waals surface area contributed by atoms with Crippen molar-refractivity contribution in [1.82, 2.24) is 20.2 Å². The first-order valence-corrected chi connectivity index (χ1v) is 18.1. The van der Waals surface area contributed by atoms with Gasteiger partial charge in [0.15, 0.2) is 0 Å². The van der Waals surface area contributed by atoms with E-state index in [0.29, 0.717) is 47.8 Å². The lowest BCUT2D eigenvalue weighted by atomic mass is 9.71. The Bertz CT molecular complexity index is 1680. The number of aliphatic imine (C=N–C) groups is 1. The molecule has 8 nitrogen and oxygen atoms in total. The molecular weight excluding hydrogens is 657 g/mol. The maximum atomic E-state index is 15.2. The number of nitrogens with zero attached hydrogens (tertiary/aromatic N) is 4. The molecule has 3 aliphatic rings. The fourth-order valence-electron chi connectivity index (χ4n) is 7.14. The lowest BCUT2D eigenvalue weighted by Gasteiger charge is -2.47. The molecule has 6 rings (SSSR count). The van der Waals surface area contributed by atoms with Crippen LogP contribution in [0.25, 0.3) is 0 Å². The topological polar surface area (TPSA) is 69.6 Å². The van der Waals surface area contributed by atoms with E-state index in [-0.39, 0.29) is 23.8 Å². The molecule has 0 aromatic heterocycles. The van der Waals surface area contributed by atoms with Crippen molar-refractivity contribution < 1.29 is 14.3 Å². The van der Waals surface area contributed by atoms with Crippen molar-refractivity contribution in [2.24, 2.45) is 4.99 Å². The average Bonchev–Trinajstić information content (AvgIpc) is 3.65. The van der Waals surface area contributed by atoms with Crippen molar-refractivity contribution in [2.45, 2.75) is 90.1 Å². The van der Waals surface area contributed by atoms with Gasteiger partial charge in [0.1, 0.15) is 28.9 Å². The van der Waals surface area contributed by atoms with Gasteiger partial charge in [-0.3, -0.25) is 9.89 Å². The van der Waals surface area contributed by atoms with E-state index in [1.165, 1.54) is 0 Å². The second kappa shape index (κ2) is 13.9. The van der Waals surface area contributed by atoms with Gasteiger partial charge >= 0.3 is 6.03 Å². The maximum Gasteiger partial charge on any atom is 0.326 e. The van der Waals surface area contributed by atoms with Crippen LogP contribution in [0.5, 0.6) is 5.75 Å². The normalized spacial score (nSPS) is 24.9. The minimum Gasteiger partial charge on any atom is -0.490 e. The summed E-state index contributed by atoms with van der Waals surface area (Å²) in [7, 11) is 0. The summed E-state index contributed by atoms with van der Waals surface area (Å²) < 4.78 is 12.3. The summed E-state index contributed by atoms with van der Waals surface area (Å²) >= 11 is 12.8. The molecule has 1 unspecified atom stereocenters. The van der Waals surface area contributed by atoms with Gasteiger partial charge in [0, 0.05) is 42.8 Å². The summed E-state index contributed by atoms with van der Waals surface area (Å²) in [5.41, 5.74) is 5.27. The third-order valence-electron chi connectivity index (χ3n) is 10.2. The monoisotopic (exact) mass is 705 g/mol. The Morgan fingerprint density at radius 2 is 1.55 bits per heavy atom. The fraction of sp³-hybridized carbons (Fsp3) is 0.487. The predicted octanol–water partition coefficient (Wildman–Crippen LogP) is 8.35. The summed E-state index contributed by atoms with van der Waals surface area (Å²) in [6.45, 7) is 18.1. The molecule has 0 saturated carbocycles. The Labute approximate surface area is 301 Å². The van der Waals surface area contributed by atoms with E-state index in [1.807, 2.05) is 72.2 Å². The minimum atomic E-state index is -0.970. The van der Waals surface area contributed by atoms with Crippen LogP contribution in [-0.4, -0.2) is 71.8 Å². The quantitative estimate of drug-likeness (QED) is 0.268. The lowest BCUT2D eigenvalue weighted by molar-refractivity contribution is -0.00775. The molecule has 3 aliphatic heterocycles. The molecule has 262 valence electrons. The molecule has 3 aromatic rings. The molecule has 1 N–H and O–H groups in total. The van der Waals surface area contributed by atoms with E-state index in [2.05, 4.69) is 63.3 Å². The number of hydrazine groups is 1. The van der Waals surface area contributed by atoms with Crippen LogP contribution >= 0.6 is 23.2 Å². The Morgan fingerprint density at radius 1 is 0.939 bits per heavy atom. The van der Waals surface area contributed by atoms with Crippen LogP contribution < -0.4 is 10.2 Å². The summed E-state index contributed by atoms with van der Waals surface area (Å²) in [4.78, 5) is 24.7. The molecule has 2 amide bonds. The number of amides is 2. The number of carbonyl (C=O) groups is 1. The third-order valence-corrected chi connectivity index (χ3v) is 10.7. The Hall–Kier alpha value is -3.14. The molecule has 49 heavy (non-hydrogen) atoms. The van der Waals surface area contributed by atoms with Crippen molar-refractivity contribution in [1.29, 1.82) is 0 Å². The first kappa shape index (κ1) is 35.7. The van der Waals surface area contributed by atoms with Crippen molar-refractivity contribution in [2.75, 3.05) is 32.8 Å². The summed E-state index contributed by atoms with van der Waals surface area (Å²) in [6, 6.07) is 21.8. The first-order valence-electron chi connectivity index (χ1n) is 17.4. The van der Waals surface area contributed by atoms with Gasteiger partial charge in [-0.1, -0.05) is 74.3 Å². The van der Waals surface area contributed by atoms with Gasteiger partial charge in [-0.25, -0.2) is 15.2 Å². The highest BCUT2D eigenvalue weighted by atomic mass is 35.5. The smallest absolute Gasteiger partial charge is 0.326 e. The number of hydrogen-bond acceptors (Lipinski definition) is 6. The maximum absolute atomic E-state index is 15.2. The molecule has 0 spiro atoms. The average molecular weight is 707 g/mol. The Kier molecular flexibility index (Phi) is 10.1. The van der Waals surface area contributed by atoms with Gasteiger partial charge in [-0.2, -0.15) is 0 Å². The Morgan fingerprint density at radius 3 is 2.10 bits per heavy atom. The van der Waals surface area contributed by atoms with Gasteiger partial charge < -0.3 is 14.4 Å². The van der Waals surface area contributed by atoms with Gasteiger partial charge in [0.25, 0.3) is 0 Å². The van der Waals surface area contributed by atoms with Gasteiger partial charge in [0.2, 0.25) is 0 Å². The van der Waals surface area contributed by atoms with Crippen LogP contribution in [-0.2, 0) is 21.2 Å². The number of amidine groups is 1. The SMILES string of the molecule is CC(C)Oc1cc(C(C)(C)C)ccc1C1=N[C@@](C)(c2ccc(Cl)cc2)[C@@](C)(c2ccc(Cl)cc2)N1C(=O)N1CCN(NC2CCCO2)CC1. The molecule has 10 heteroatoms. The largest absolute Gasteiger partial charge is 0.490 e. The van der Waals surface area contributed by atoms with Gasteiger partial charge in [-0.05, 0) is 99.0 Å². The molecule has 3 aromatic carbocycles. The van der Waals surface area contributed by atoms with E-state index in [9.17, 15) is 0 Å². The molecule has 2 fully saturated rings. The number of hydrogen-bond donors (Lipinski definition) is 1. The summed E-state index contributed by atoms with van der Waals surface area (Å²) in [6.07, 6.45) is 1.99. The third kappa shape index (κ3) is 6.95. The molecule has 2 saturated heterocycles. The second-order valence-electron chi connectivity index (χ2n) is 14.9. The highest BCUT2D eigenvalue weighted by Gasteiger charge is 2.60. The lowest BCUT2D eigenvalue weighted by Crippen LogP contribution is -2.62. The van der Waals surface area contributed by atoms with Crippen molar-refractivity contribution in [3.8, 4) is 5.75 Å². The molecule has 0 bridgehead atoms. The summed E-state index contributed by atoms with van der Waals surface area (Å²) in [5.74, 6) is 1.26. The highest BCUT2D eigenvalue weighted by Crippen LogP contribution is 2.54. The van der Waals surface area contributed by atoms with Crippen molar-refractivity contribution in [3.05, 3.63) is 99.0 Å². The van der Waals surface area contributed by atoms with E-state index in [1.54, 1.807) is 0 Å². The zero-order chi connectivity index (χ0) is 35.1. The Balaban J connectivity index is 1.50. The van der Waals surface area contributed by atoms with Gasteiger partial charge in [0.05, 0.1) is 11.7 Å². The van der Waals surface area contributed by atoms with Crippen LogP contribution in [0, 0.1) is 0 Å². The fourth-order valence-corrected chi connectivity index (χ4v) is 7.40. The van der Waals surface area contributed by atoms with Crippen LogP contribution in [0.2, 0.25) is 10.0 Å². The van der Waals surface area contributed by atoms with E-state index in [0.717, 1.165) is 41.7 Å². The van der Waals surface area contributed by atoms with Crippen LogP contribution in [0.1, 0.15) is 83.6 Å². The number of ether oxygens (including phenoxy) is 2. The molecule has 0 aliphatic carbocycles. The van der Waals surface area contributed by atoms with E-state index < -0.39 is 11.1 Å². The molecular formula is C39H49Cl2N5O3. The van der Waals surface area contributed by atoms with Crippen molar-refractivity contribution in [3.63, 3.8) is 0 Å². The minimum absolute atomic E-state index is 0.0308. The van der Waals surface area contributed by atoms with Gasteiger partial charge in [-0.15, -0.1) is 0 Å². The first-order chi connectivity index (χ1) is 23.2.